The number of nitrogens with zero attached hydrogens (tertiary/aromatic N) is 3. The lowest BCUT2D eigenvalue weighted by Crippen LogP contribution is -2.50. The van der Waals surface area contributed by atoms with Gasteiger partial charge in [-0.3, -0.25) is 14.6 Å². The molecule has 41 heavy (non-hydrogen) atoms. The highest BCUT2D eigenvalue weighted by atomic mass is 19.1. The predicted octanol–water partition coefficient (Wildman–Crippen LogP) is 6.96. The number of piperazine rings is 1. The van der Waals surface area contributed by atoms with E-state index in [1.165, 1.54) is 29.8 Å². The Morgan fingerprint density at radius 2 is 1.39 bits per heavy atom. The second-order valence-corrected chi connectivity index (χ2v) is 11.7. The van der Waals surface area contributed by atoms with E-state index in [1.807, 2.05) is 4.90 Å². The minimum Gasteiger partial charge on any atom is -0.340 e. The van der Waals surface area contributed by atoms with Crippen molar-refractivity contribution in [1.29, 1.82) is 0 Å². The van der Waals surface area contributed by atoms with Gasteiger partial charge in [-0.05, 0) is 59.7 Å². The number of hydrogen-bond acceptors (Lipinski definition) is 3. The number of rotatable bonds is 14. The van der Waals surface area contributed by atoms with E-state index in [-0.39, 0.29) is 23.5 Å². The summed E-state index contributed by atoms with van der Waals surface area (Å²) in [5.41, 5.74) is 3.37. The van der Waals surface area contributed by atoms with Crippen molar-refractivity contribution in [3.8, 4) is 0 Å². The van der Waals surface area contributed by atoms with Gasteiger partial charge in [0.15, 0.2) is 0 Å². The van der Waals surface area contributed by atoms with Gasteiger partial charge in [0.2, 0.25) is 5.91 Å². The van der Waals surface area contributed by atoms with Crippen LogP contribution in [0.25, 0.3) is 0 Å². The minimum atomic E-state index is -0.266. The topological polar surface area (TPSA) is 26.8 Å². The van der Waals surface area contributed by atoms with Crippen molar-refractivity contribution >= 4 is 5.91 Å². The third kappa shape index (κ3) is 10.0. The average molecular weight is 562 g/mol. The number of carbonyl (C=O) groups is 1. The number of amides is 1. The van der Waals surface area contributed by atoms with Crippen LogP contribution in [0.1, 0.15) is 62.1 Å². The maximum Gasteiger partial charge on any atom is 0.222 e. The number of benzene rings is 3. The van der Waals surface area contributed by atoms with Crippen molar-refractivity contribution in [2.45, 2.75) is 52.0 Å². The van der Waals surface area contributed by atoms with Gasteiger partial charge in [-0.15, -0.1) is 0 Å². The van der Waals surface area contributed by atoms with Gasteiger partial charge in [-0.25, -0.2) is 8.78 Å². The first-order chi connectivity index (χ1) is 19.9. The van der Waals surface area contributed by atoms with Crippen molar-refractivity contribution in [3.63, 3.8) is 0 Å². The molecular formula is C35H45F2N3O. The monoisotopic (exact) mass is 561 g/mol. The fourth-order valence-electron chi connectivity index (χ4n) is 5.80. The maximum absolute atomic E-state index is 13.5. The third-order valence-electron chi connectivity index (χ3n) is 8.01. The molecule has 3 aromatic carbocycles. The van der Waals surface area contributed by atoms with Crippen LogP contribution in [0.3, 0.4) is 0 Å². The molecule has 1 amide bonds. The molecule has 220 valence electrons. The van der Waals surface area contributed by atoms with Crippen LogP contribution in [-0.2, 0) is 11.3 Å². The number of hydrogen-bond donors (Lipinski definition) is 0. The normalized spacial score (nSPS) is 14.4. The molecule has 1 heterocycles. The number of halogens is 2. The number of carbonyl (C=O) groups excluding carboxylic acids is 1. The molecule has 0 bridgehead atoms. The van der Waals surface area contributed by atoms with Crippen molar-refractivity contribution in [1.82, 2.24) is 14.7 Å². The summed E-state index contributed by atoms with van der Waals surface area (Å²) in [6.45, 7) is 12.1. The molecule has 4 nitrogen and oxygen atoms in total. The van der Waals surface area contributed by atoms with Gasteiger partial charge in [-0.1, -0.05) is 74.9 Å². The first kappa shape index (κ1) is 30.9. The molecule has 1 aliphatic heterocycles. The van der Waals surface area contributed by atoms with E-state index in [0.29, 0.717) is 12.3 Å². The average Bonchev–Trinajstić information content (AvgIpc) is 2.98. The molecule has 4 rings (SSSR count). The van der Waals surface area contributed by atoms with Crippen LogP contribution in [-0.4, -0.2) is 66.4 Å². The molecule has 0 saturated carbocycles. The Kier molecular flexibility index (Phi) is 11.9. The van der Waals surface area contributed by atoms with E-state index in [0.717, 1.165) is 82.7 Å². The van der Waals surface area contributed by atoms with E-state index in [2.05, 4.69) is 54.0 Å². The molecule has 0 spiro atoms. The van der Waals surface area contributed by atoms with Crippen molar-refractivity contribution in [3.05, 3.63) is 107 Å². The molecule has 0 atom stereocenters. The van der Waals surface area contributed by atoms with E-state index in [1.54, 1.807) is 24.3 Å². The summed E-state index contributed by atoms with van der Waals surface area (Å²) >= 11 is 0. The largest absolute Gasteiger partial charge is 0.340 e. The van der Waals surface area contributed by atoms with Crippen LogP contribution in [0.15, 0.2) is 78.9 Å². The quantitative estimate of drug-likeness (QED) is 0.199. The maximum atomic E-state index is 13.5. The van der Waals surface area contributed by atoms with Gasteiger partial charge in [0.05, 0.1) is 0 Å². The zero-order chi connectivity index (χ0) is 29.0. The molecule has 0 aliphatic carbocycles. The molecule has 1 saturated heterocycles. The molecule has 6 heteroatoms. The summed E-state index contributed by atoms with van der Waals surface area (Å²) in [4.78, 5) is 20.0. The van der Waals surface area contributed by atoms with Crippen LogP contribution < -0.4 is 0 Å². The highest BCUT2D eigenvalue weighted by molar-refractivity contribution is 5.76. The van der Waals surface area contributed by atoms with Gasteiger partial charge >= 0.3 is 0 Å². The standard InChI is InChI=1S/C35H45F2N3O/c1-28(2)26-39(27-29-8-4-3-5-9-29)21-20-38-22-24-40(25-23-38)35(41)11-7-6-10-34(30-12-16-32(36)17-13-30)31-14-18-33(37)19-15-31/h3-5,8-9,12-19,28,34H,6-7,10-11,20-27H2,1-2H3. The number of unbranched alkanes of at least 4 members (excludes halogenated alkanes) is 1. The van der Waals surface area contributed by atoms with Crippen LogP contribution >= 0.6 is 0 Å². The Hall–Kier alpha value is -3.09. The van der Waals surface area contributed by atoms with E-state index < -0.39 is 0 Å². The van der Waals surface area contributed by atoms with Gasteiger partial charge in [-0.2, -0.15) is 0 Å². The van der Waals surface area contributed by atoms with Crippen LogP contribution in [0.5, 0.6) is 0 Å². The highest BCUT2D eigenvalue weighted by Crippen LogP contribution is 2.30. The van der Waals surface area contributed by atoms with Gasteiger partial charge in [0.1, 0.15) is 11.6 Å². The Labute approximate surface area is 245 Å². The molecule has 1 fully saturated rings. The molecule has 0 N–H and O–H groups in total. The molecular weight excluding hydrogens is 516 g/mol. The summed E-state index contributed by atoms with van der Waals surface area (Å²) < 4.78 is 27.0. The summed E-state index contributed by atoms with van der Waals surface area (Å²) in [6, 6.07) is 23.8. The van der Waals surface area contributed by atoms with Gasteiger partial charge < -0.3 is 4.90 Å². The molecule has 3 aromatic rings. The zero-order valence-corrected chi connectivity index (χ0v) is 24.7. The summed E-state index contributed by atoms with van der Waals surface area (Å²) in [7, 11) is 0. The third-order valence-corrected chi connectivity index (χ3v) is 8.01. The van der Waals surface area contributed by atoms with Gasteiger partial charge in [0.25, 0.3) is 0 Å². The second-order valence-electron chi connectivity index (χ2n) is 11.7. The van der Waals surface area contributed by atoms with Crippen LogP contribution in [0.2, 0.25) is 0 Å². The van der Waals surface area contributed by atoms with Crippen molar-refractivity contribution < 1.29 is 13.6 Å². The minimum absolute atomic E-state index is 0.0481. The van der Waals surface area contributed by atoms with Crippen LogP contribution in [0.4, 0.5) is 8.78 Å². The molecule has 0 unspecified atom stereocenters. The first-order valence-corrected chi connectivity index (χ1v) is 15.1. The van der Waals surface area contributed by atoms with E-state index in [9.17, 15) is 13.6 Å². The lowest BCUT2D eigenvalue weighted by Gasteiger charge is -2.36. The smallest absolute Gasteiger partial charge is 0.222 e. The molecule has 0 radical (unpaired) electrons. The van der Waals surface area contributed by atoms with Crippen molar-refractivity contribution in [2.75, 3.05) is 45.8 Å². The summed E-state index contributed by atoms with van der Waals surface area (Å²) in [5.74, 6) is 0.367. The van der Waals surface area contributed by atoms with E-state index in [4.69, 9.17) is 0 Å². The highest BCUT2D eigenvalue weighted by Gasteiger charge is 2.22. The van der Waals surface area contributed by atoms with E-state index >= 15 is 0 Å². The Morgan fingerprint density at radius 1 is 0.805 bits per heavy atom. The molecule has 0 aromatic heterocycles. The Bertz CT molecular complexity index is 1130. The van der Waals surface area contributed by atoms with Crippen molar-refractivity contribution in [2.24, 2.45) is 5.92 Å². The Morgan fingerprint density at radius 3 is 1.95 bits per heavy atom. The zero-order valence-electron chi connectivity index (χ0n) is 24.7. The predicted molar refractivity (Wildman–Crippen MR) is 163 cm³/mol. The fourth-order valence-corrected chi connectivity index (χ4v) is 5.80. The first-order valence-electron chi connectivity index (χ1n) is 15.1. The van der Waals surface area contributed by atoms with Crippen LogP contribution in [0, 0.1) is 17.6 Å². The Balaban J connectivity index is 1.19. The van der Waals surface area contributed by atoms with Gasteiger partial charge in [0, 0.05) is 64.7 Å². The SMILES string of the molecule is CC(C)CN(CCN1CCN(C(=O)CCCCC(c2ccc(F)cc2)c2ccc(F)cc2)CC1)Cc1ccccc1. The second kappa shape index (κ2) is 15.8. The fraction of sp³-hybridized carbons (Fsp3) is 0.457. The summed E-state index contributed by atoms with van der Waals surface area (Å²) in [6.07, 6.45) is 3.05. The lowest BCUT2D eigenvalue weighted by atomic mass is 9.87. The lowest BCUT2D eigenvalue weighted by molar-refractivity contribution is -0.133. The molecule has 1 aliphatic rings. The summed E-state index contributed by atoms with van der Waals surface area (Å²) in [5, 5.41) is 0.